The summed E-state index contributed by atoms with van der Waals surface area (Å²) in [6.45, 7) is 0. The summed E-state index contributed by atoms with van der Waals surface area (Å²) in [6, 6.07) is 11.7. The fourth-order valence-corrected chi connectivity index (χ4v) is 2.56. The average Bonchev–Trinajstić information content (AvgIpc) is 2.37. The molecule has 0 aliphatic heterocycles. The lowest BCUT2D eigenvalue weighted by molar-refractivity contribution is 0.215. The quantitative estimate of drug-likeness (QED) is 0.914. The molecular formula is C16H16ClNO. The first-order valence-electron chi connectivity index (χ1n) is 6.63. The van der Waals surface area contributed by atoms with Crippen LogP contribution in [-0.2, 0) is 0 Å². The van der Waals surface area contributed by atoms with Crippen molar-refractivity contribution in [2.24, 2.45) is 0 Å². The minimum atomic E-state index is -0.683. The monoisotopic (exact) mass is 273 g/mol. The Labute approximate surface area is 118 Å². The van der Waals surface area contributed by atoms with E-state index < -0.39 is 6.10 Å². The maximum absolute atomic E-state index is 10.4. The van der Waals surface area contributed by atoms with E-state index >= 15 is 0 Å². The first-order valence-corrected chi connectivity index (χ1v) is 7.01. The molecule has 3 heteroatoms. The molecule has 0 spiro atoms. The van der Waals surface area contributed by atoms with Crippen molar-refractivity contribution in [1.29, 1.82) is 0 Å². The molecule has 1 aromatic carbocycles. The number of benzene rings is 1. The third kappa shape index (κ3) is 2.65. The Morgan fingerprint density at radius 3 is 2.68 bits per heavy atom. The molecule has 1 N–H and O–H groups in total. The summed E-state index contributed by atoms with van der Waals surface area (Å²) < 4.78 is 0. The van der Waals surface area contributed by atoms with E-state index in [2.05, 4.69) is 17.1 Å². The lowest BCUT2D eigenvalue weighted by atomic mass is 9.79. The molecule has 0 radical (unpaired) electrons. The van der Waals surface area contributed by atoms with Crippen LogP contribution in [-0.4, -0.2) is 10.1 Å². The molecule has 1 fully saturated rings. The van der Waals surface area contributed by atoms with Gasteiger partial charge in [-0.05, 0) is 42.0 Å². The van der Waals surface area contributed by atoms with E-state index in [1.807, 2.05) is 12.1 Å². The third-order valence-electron chi connectivity index (χ3n) is 3.83. The summed E-state index contributed by atoms with van der Waals surface area (Å²) in [5.41, 5.74) is 2.87. The Morgan fingerprint density at radius 2 is 2.05 bits per heavy atom. The van der Waals surface area contributed by atoms with Crippen LogP contribution in [0.5, 0.6) is 0 Å². The van der Waals surface area contributed by atoms with E-state index in [0.717, 1.165) is 5.56 Å². The van der Waals surface area contributed by atoms with Crippen molar-refractivity contribution >= 4 is 11.6 Å². The Balaban J connectivity index is 1.86. The number of aliphatic hydroxyl groups excluding tert-OH is 1. The number of nitrogens with zero attached hydrogens (tertiary/aromatic N) is 1. The SMILES string of the molecule is OC(c1cccc(C2CCC2)c1)c1ccc(Cl)cn1. The molecule has 1 aliphatic carbocycles. The van der Waals surface area contributed by atoms with Crippen LogP contribution in [0.4, 0.5) is 0 Å². The highest BCUT2D eigenvalue weighted by molar-refractivity contribution is 6.30. The molecule has 1 saturated carbocycles. The molecule has 3 rings (SSSR count). The molecule has 2 aromatic rings. The molecule has 1 heterocycles. The molecular weight excluding hydrogens is 258 g/mol. The maximum atomic E-state index is 10.4. The van der Waals surface area contributed by atoms with Gasteiger partial charge in [-0.2, -0.15) is 0 Å². The van der Waals surface area contributed by atoms with Crippen LogP contribution in [0.1, 0.15) is 48.1 Å². The van der Waals surface area contributed by atoms with Crippen molar-refractivity contribution in [2.75, 3.05) is 0 Å². The third-order valence-corrected chi connectivity index (χ3v) is 4.06. The molecule has 19 heavy (non-hydrogen) atoms. The van der Waals surface area contributed by atoms with Crippen molar-refractivity contribution in [3.05, 3.63) is 64.4 Å². The predicted octanol–water partition coefficient (Wildman–Crippen LogP) is 4.08. The molecule has 1 atom stereocenters. The summed E-state index contributed by atoms with van der Waals surface area (Å²) in [7, 11) is 0. The van der Waals surface area contributed by atoms with Gasteiger partial charge in [0.25, 0.3) is 0 Å². The van der Waals surface area contributed by atoms with Gasteiger partial charge in [0, 0.05) is 6.20 Å². The fourth-order valence-electron chi connectivity index (χ4n) is 2.44. The van der Waals surface area contributed by atoms with Gasteiger partial charge < -0.3 is 5.11 Å². The summed E-state index contributed by atoms with van der Waals surface area (Å²) in [5.74, 6) is 0.672. The molecule has 2 nitrogen and oxygen atoms in total. The zero-order valence-corrected chi connectivity index (χ0v) is 11.3. The highest BCUT2D eigenvalue weighted by atomic mass is 35.5. The fraction of sp³-hybridized carbons (Fsp3) is 0.312. The number of pyridine rings is 1. The second kappa shape index (κ2) is 5.32. The number of aromatic nitrogens is 1. The molecule has 0 bridgehead atoms. The minimum Gasteiger partial charge on any atom is -0.382 e. The molecule has 1 aliphatic rings. The Morgan fingerprint density at radius 1 is 1.21 bits per heavy atom. The van der Waals surface area contributed by atoms with Crippen molar-refractivity contribution in [3.63, 3.8) is 0 Å². The number of rotatable bonds is 3. The Kier molecular flexibility index (Phi) is 3.54. The summed E-state index contributed by atoms with van der Waals surface area (Å²) in [6.07, 6.45) is 4.72. The zero-order chi connectivity index (χ0) is 13.2. The highest BCUT2D eigenvalue weighted by Crippen LogP contribution is 2.37. The average molecular weight is 274 g/mol. The topological polar surface area (TPSA) is 33.1 Å². The minimum absolute atomic E-state index is 0.583. The van der Waals surface area contributed by atoms with E-state index in [9.17, 15) is 5.11 Å². The van der Waals surface area contributed by atoms with Crippen LogP contribution in [0.15, 0.2) is 42.6 Å². The first kappa shape index (κ1) is 12.6. The Bertz CT molecular complexity index is 563. The van der Waals surface area contributed by atoms with E-state index in [0.29, 0.717) is 16.6 Å². The van der Waals surface area contributed by atoms with Crippen LogP contribution >= 0.6 is 11.6 Å². The van der Waals surface area contributed by atoms with Gasteiger partial charge in [0.05, 0.1) is 10.7 Å². The van der Waals surface area contributed by atoms with E-state index in [1.54, 1.807) is 18.3 Å². The van der Waals surface area contributed by atoms with Gasteiger partial charge in [-0.3, -0.25) is 4.98 Å². The normalized spacial score (nSPS) is 16.9. The lowest BCUT2D eigenvalue weighted by Gasteiger charge is -2.26. The van der Waals surface area contributed by atoms with Crippen molar-refractivity contribution in [3.8, 4) is 0 Å². The highest BCUT2D eigenvalue weighted by Gasteiger charge is 2.20. The van der Waals surface area contributed by atoms with Gasteiger partial charge in [-0.25, -0.2) is 0 Å². The van der Waals surface area contributed by atoms with Crippen LogP contribution in [0.3, 0.4) is 0 Å². The summed E-state index contributed by atoms with van der Waals surface area (Å²) in [4.78, 5) is 4.18. The van der Waals surface area contributed by atoms with Gasteiger partial charge in [0.1, 0.15) is 6.10 Å². The summed E-state index contributed by atoms with van der Waals surface area (Å²) >= 11 is 5.81. The van der Waals surface area contributed by atoms with Gasteiger partial charge in [0.15, 0.2) is 0 Å². The first-order chi connectivity index (χ1) is 9.24. The van der Waals surface area contributed by atoms with Gasteiger partial charge in [-0.1, -0.05) is 42.3 Å². The van der Waals surface area contributed by atoms with Crippen LogP contribution in [0.25, 0.3) is 0 Å². The molecule has 0 saturated heterocycles. The number of halogens is 1. The molecule has 0 amide bonds. The molecule has 1 unspecified atom stereocenters. The van der Waals surface area contributed by atoms with E-state index in [4.69, 9.17) is 11.6 Å². The lowest BCUT2D eigenvalue weighted by Crippen LogP contribution is -2.10. The van der Waals surface area contributed by atoms with Crippen LogP contribution < -0.4 is 0 Å². The van der Waals surface area contributed by atoms with Crippen molar-refractivity contribution in [1.82, 2.24) is 4.98 Å². The molecule has 1 aromatic heterocycles. The second-order valence-corrected chi connectivity index (χ2v) is 5.54. The molecule has 98 valence electrons. The van der Waals surface area contributed by atoms with Crippen LogP contribution in [0, 0.1) is 0 Å². The number of hydrogen-bond donors (Lipinski definition) is 1. The smallest absolute Gasteiger partial charge is 0.121 e. The van der Waals surface area contributed by atoms with Crippen molar-refractivity contribution < 1.29 is 5.11 Å². The second-order valence-electron chi connectivity index (χ2n) is 5.10. The van der Waals surface area contributed by atoms with Gasteiger partial charge in [0.2, 0.25) is 0 Å². The number of aliphatic hydroxyl groups is 1. The standard InChI is InChI=1S/C16H16ClNO/c17-14-7-8-15(18-10-14)16(19)13-6-2-5-12(9-13)11-3-1-4-11/h2,5-11,16,19H,1,3-4H2. The maximum Gasteiger partial charge on any atom is 0.121 e. The largest absolute Gasteiger partial charge is 0.382 e. The Hall–Kier alpha value is -1.38. The predicted molar refractivity (Wildman–Crippen MR) is 76.3 cm³/mol. The van der Waals surface area contributed by atoms with Gasteiger partial charge in [-0.15, -0.1) is 0 Å². The van der Waals surface area contributed by atoms with E-state index in [-0.39, 0.29) is 0 Å². The van der Waals surface area contributed by atoms with Gasteiger partial charge >= 0.3 is 0 Å². The zero-order valence-electron chi connectivity index (χ0n) is 10.6. The van der Waals surface area contributed by atoms with Crippen LogP contribution in [0.2, 0.25) is 5.02 Å². The number of hydrogen-bond acceptors (Lipinski definition) is 2. The summed E-state index contributed by atoms with van der Waals surface area (Å²) in [5, 5.41) is 11.0. The van der Waals surface area contributed by atoms with Crippen molar-refractivity contribution in [2.45, 2.75) is 31.3 Å². The van der Waals surface area contributed by atoms with E-state index in [1.165, 1.54) is 24.8 Å².